The Morgan fingerprint density at radius 3 is 3.00 bits per heavy atom. The van der Waals surface area contributed by atoms with Crippen molar-refractivity contribution in [3.63, 3.8) is 0 Å². The summed E-state index contributed by atoms with van der Waals surface area (Å²) >= 11 is 3.30. The van der Waals surface area contributed by atoms with E-state index in [1.165, 1.54) is 0 Å². The number of fused-ring (bicyclic) bond motifs is 1. The highest BCUT2D eigenvalue weighted by molar-refractivity contribution is 9.10. The minimum atomic E-state index is -0.105. The zero-order valence-electron chi connectivity index (χ0n) is 10.5. The van der Waals surface area contributed by atoms with Crippen molar-refractivity contribution in [3.8, 4) is 0 Å². The Bertz CT molecular complexity index is 451. The topological polar surface area (TPSA) is 15.3 Å². The van der Waals surface area contributed by atoms with E-state index in [1.54, 1.807) is 6.07 Å². The van der Waals surface area contributed by atoms with Crippen LogP contribution in [-0.2, 0) is 6.54 Å². The van der Waals surface area contributed by atoms with Crippen LogP contribution in [0.1, 0.15) is 12.5 Å². The molecule has 0 spiro atoms. The summed E-state index contributed by atoms with van der Waals surface area (Å²) in [5.41, 5.74) is 0.804. The van der Waals surface area contributed by atoms with Crippen molar-refractivity contribution in [2.45, 2.75) is 19.5 Å². The second-order valence-electron chi connectivity index (χ2n) is 5.49. The van der Waals surface area contributed by atoms with Crippen LogP contribution >= 0.6 is 15.9 Å². The van der Waals surface area contributed by atoms with E-state index in [0.717, 1.165) is 48.1 Å². The Balaban J connectivity index is 1.73. The Hall–Kier alpha value is -0.450. The van der Waals surface area contributed by atoms with Gasteiger partial charge in [0.25, 0.3) is 0 Å². The number of likely N-dealkylation sites (tertiary alicyclic amines) is 1. The van der Waals surface area contributed by atoms with Gasteiger partial charge in [-0.25, -0.2) is 4.39 Å². The van der Waals surface area contributed by atoms with Crippen LogP contribution in [-0.4, -0.2) is 30.6 Å². The first kappa shape index (κ1) is 12.6. The largest absolute Gasteiger partial charge is 0.316 e. The van der Waals surface area contributed by atoms with Gasteiger partial charge in [-0.2, -0.15) is 0 Å². The fraction of sp³-hybridized carbons (Fsp3) is 0.571. The molecule has 1 aromatic carbocycles. The summed E-state index contributed by atoms with van der Waals surface area (Å²) in [6, 6.07) is 5.91. The third-order valence-electron chi connectivity index (χ3n) is 4.45. The molecular formula is C14H18BrFN2. The summed E-state index contributed by atoms with van der Waals surface area (Å²) in [6.45, 7) is 6.33. The van der Waals surface area contributed by atoms with Gasteiger partial charge in [0.05, 0.1) is 0 Å². The van der Waals surface area contributed by atoms with Gasteiger partial charge in [-0.05, 0) is 44.0 Å². The molecule has 2 nitrogen and oxygen atoms in total. The average molecular weight is 313 g/mol. The summed E-state index contributed by atoms with van der Waals surface area (Å²) in [7, 11) is 0. The van der Waals surface area contributed by atoms with E-state index < -0.39 is 0 Å². The van der Waals surface area contributed by atoms with E-state index in [1.807, 2.05) is 12.1 Å². The lowest BCUT2D eigenvalue weighted by molar-refractivity contribution is 0.228. The molecule has 0 bridgehead atoms. The second-order valence-corrected chi connectivity index (χ2v) is 6.40. The molecule has 2 heterocycles. The summed E-state index contributed by atoms with van der Waals surface area (Å²) in [5.74, 6) is 1.38. The molecule has 0 aliphatic carbocycles. The molecule has 2 aliphatic heterocycles. The molecular weight excluding hydrogens is 295 g/mol. The molecule has 2 saturated heterocycles. The Kier molecular flexibility index (Phi) is 3.43. The third-order valence-corrected chi connectivity index (χ3v) is 4.94. The maximum Gasteiger partial charge on any atom is 0.128 e. The smallest absolute Gasteiger partial charge is 0.128 e. The third kappa shape index (κ3) is 2.22. The standard InChI is InChI=1S/C14H18BrFN2/c1-9-13-6-17-5-11(13)8-18(9)7-10-2-3-12(15)4-14(10)16/h2-4,9,11,13,17H,5-8H2,1H3. The molecule has 1 N–H and O–H groups in total. The monoisotopic (exact) mass is 312 g/mol. The summed E-state index contributed by atoms with van der Waals surface area (Å²) in [6.07, 6.45) is 0. The van der Waals surface area contributed by atoms with Gasteiger partial charge in [-0.1, -0.05) is 22.0 Å². The van der Waals surface area contributed by atoms with Crippen LogP contribution in [0.4, 0.5) is 4.39 Å². The zero-order chi connectivity index (χ0) is 12.7. The SMILES string of the molecule is CC1C2CNCC2CN1Cc1ccc(Br)cc1F. The lowest BCUT2D eigenvalue weighted by atomic mass is 9.95. The Morgan fingerprint density at radius 1 is 1.44 bits per heavy atom. The van der Waals surface area contributed by atoms with E-state index in [4.69, 9.17) is 0 Å². The van der Waals surface area contributed by atoms with Crippen LogP contribution in [0.2, 0.25) is 0 Å². The first-order valence-electron chi connectivity index (χ1n) is 6.54. The molecule has 0 aromatic heterocycles. The molecule has 3 unspecified atom stereocenters. The van der Waals surface area contributed by atoms with Gasteiger partial charge in [0, 0.05) is 29.2 Å². The van der Waals surface area contributed by atoms with Crippen molar-refractivity contribution in [2.75, 3.05) is 19.6 Å². The number of rotatable bonds is 2. The number of halogens is 2. The predicted molar refractivity (Wildman–Crippen MR) is 73.8 cm³/mol. The van der Waals surface area contributed by atoms with Gasteiger partial charge in [0.15, 0.2) is 0 Å². The second kappa shape index (κ2) is 4.91. The summed E-state index contributed by atoms with van der Waals surface area (Å²) in [5, 5.41) is 3.45. The highest BCUT2D eigenvalue weighted by Gasteiger charge is 2.41. The van der Waals surface area contributed by atoms with Crippen molar-refractivity contribution < 1.29 is 4.39 Å². The molecule has 0 saturated carbocycles. The predicted octanol–water partition coefficient (Wildman–Crippen LogP) is 2.63. The number of nitrogens with one attached hydrogen (secondary N) is 1. The molecule has 1 aromatic rings. The van der Waals surface area contributed by atoms with E-state index >= 15 is 0 Å². The highest BCUT2D eigenvalue weighted by atomic mass is 79.9. The molecule has 3 atom stereocenters. The van der Waals surface area contributed by atoms with Gasteiger partial charge < -0.3 is 5.32 Å². The lowest BCUT2D eigenvalue weighted by Gasteiger charge is -2.24. The minimum Gasteiger partial charge on any atom is -0.316 e. The number of hydrogen-bond acceptors (Lipinski definition) is 2. The van der Waals surface area contributed by atoms with Crippen LogP contribution in [0.25, 0.3) is 0 Å². The molecule has 2 fully saturated rings. The number of nitrogens with zero attached hydrogens (tertiary/aromatic N) is 1. The normalized spacial score (nSPS) is 31.8. The number of hydrogen-bond donors (Lipinski definition) is 1. The van der Waals surface area contributed by atoms with Gasteiger partial charge in [0.2, 0.25) is 0 Å². The number of benzene rings is 1. The fourth-order valence-electron chi connectivity index (χ4n) is 3.33. The van der Waals surface area contributed by atoms with Crippen LogP contribution < -0.4 is 5.32 Å². The van der Waals surface area contributed by atoms with Crippen LogP contribution in [0.15, 0.2) is 22.7 Å². The average Bonchev–Trinajstić information content (AvgIpc) is 2.88. The van der Waals surface area contributed by atoms with Crippen LogP contribution in [0, 0.1) is 17.7 Å². The van der Waals surface area contributed by atoms with Crippen LogP contribution in [0.3, 0.4) is 0 Å². The zero-order valence-corrected chi connectivity index (χ0v) is 12.1. The molecule has 3 rings (SSSR count). The van der Waals surface area contributed by atoms with Gasteiger partial charge >= 0.3 is 0 Å². The molecule has 98 valence electrons. The van der Waals surface area contributed by atoms with Crippen LogP contribution in [0.5, 0.6) is 0 Å². The fourth-order valence-corrected chi connectivity index (χ4v) is 3.67. The van der Waals surface area contributed by atoms with Gasteiger partial charge in [-0.15, -0.1) is 0 Å². The minimum absolute atomic E-state index is 0.105. The van der Waals surface area contributed by atoms with Crippen molar-refractivity contribution in [3.05, 3.63) is 34.1 Å². The Labute approximate surface area is 116 Å². The van der Waals surface area contributed by atoms with E-state index in [9.17, 15) is 4.39 Å². The van der Waals surface area contributed by atoms with Crippen molar-refractivity contribution in [2.24, 2.45) is 11.8 Å². The van der Waals surface area contributed by atoms with E-state index in [-0.39, 0.29) is 5.82 Å². The van der Waals surface area contributed by atoms with E-state index in [2.05, 4.69) is 33.1 Å². The highest BCUT2D eigenvalue weighted by Crippen LogP contribution is 2.33. The molecule has 2 aliphatic rings. The van der Waals surface area contributed by atoms with Gasteiger partial charge in [0.1, 0.15) is 5.82 Å². The summed E-state index contributed by atoms with van der Waals surface area (Å²) in [4.78, 5) is 2.42. The Morgan fingerprint density at radius 2 is 2.28 bits per heavy atom. The summed E-state index contributed by atoms with van der Waals surface area (Å²) < 4.78 is 14.7. The van der Waals surface area contributed by atoms with Crippen molar-refractivity contribution in [1.29, 1.82) is 0 Å². The quantitative estimate of drug-likeness (QED) is 0.903. The molecule has 18 heavy (non-hydrogen) atoms. The van der Waals surface area contributed by atoms with Crippen molar-refractivity contribution >= 4 is 15.9 Å². The van der Waals surface area contributed by atoms with Crippen molar-refractivity contribution in [1.82, 2.24) is 10.2 Å². The molecule has 0 amide bonds. The molecule has 4 heteroatoms. The maximum atomic E-state index is 13.9. The molecule has 0 radical (unpaired) electrons. The maximum absolute atomic E-state index is 13.9. The first-order valence-corrected chi connectivity index (χ1v) is 7.33. The van der Waals surface area contributed by atoms with E-state index in [0.29, 0.717) is 6.04 Å². The first-order chi connectivity index (χ1) is 8.65. The van der Waals surface area contributed by atoms with Gasteiger partial charge in [-0.3, -0.25) is 4.90 Å². The lowest BCUT2D eigenvalue weighted by Crippen LogP contribution is -2.33.